The predicted octanol–water partition coefficient (Wildman–Crippen LogP) is 1.65. The molecular weight excluding hydrogens is 214 g/mol. The quantitative estimate of drug-likeness (QED) is 0.630. The van der Waals surface area contributed by atoms with Crippen LogP contribution in [0.2, 0.25) is 0 Å². The van der Waals surface area contributed by atoms with Crippen molar-refractivity contribution < 1.29 is 9.36 Å². The van der Waals surface area contributed by atoms with Gasteiger partial charge < -0.3 is 4.90 Å². The van der Waals surface area contributed by atoms with Crippen LogP contribution in [0.25, 0.3) is 0 Å². The maximum atomic E-state index is 12.2. The highest BCUT2D eigenvalue weighted by Gasteiger charge is 2.35. The number of hydrogen-bond acceptors (Lipinski definition) is 1. The normalized spacial score (nSPS) is 20.9. The van der Waals surface area contributed by atoms with E-state index in [9.17, 15) is 4.79 Å². The first-order valence-electron chi connectivity index (χ1n) is 6.20. The van der Waals surface area contributed by atoms with Crippen LogP contribution in [0, 0.1) is 11.3 Å². The third kappa shape index (κ3) is 2.51. The molecule has 1 fully saturated rings. The molecule has 0 aromatic carbocycles. The number of carbonyl (C=O) groups is 1. The number of carbonyl (C=O) groups excluding carboxylic acids is 1. The van der Waals surface area contributed by atoms with Gasteiger partial charge in [-0.1, -0.05) is 20.8 Å². The van der Waals surface area contributed by atoms with Crippen molar-refractivity contribution in [3.63, 3.8) is 0 Å². The molecule has 4 nitrogen and oxygen atoms in total. The van der Waals surface area contributed by atoms with E-state index >= 15 is 0 Å². The molecule has 1 aromatic heterocycles. The fourth-order valence-corrected chi connectivity index (χ4v) is 2.37. The second-order valence-corrected chi connectivity index (χ2v) is 6.07. The Morgan fingerprint density at radius 2 is 2.12 bits per heavy atom. The molecule has 0 N–H and O–H groups in total. The number of hydrogen-bond donors (Lipinski definition) is 0. The largest absolute Gasteiger partial charge is 0.415 e. The Morgan fingerprint density at radius 1 is 1.41 bits per heavy atom. The molecular formula is C13H22N3O+. The summed E-state index contributed by atoms with van der Waals surface area (Å²) in [4.78, 5) is 14.2. The average Bonchev–Trinajstić information content (AvgIpc) is 2.83. The van der Waals surface area contributed by atoms with Gasteiger partial charge in [0.2, 0.25) is 0 Å². The van der Waals surface area contributed by atoms with Crippen molar-refractivity contribution in [3.05, 3.63) is 18.7 Å². The lowest BCUT2D eigenvalue weighted by Gasteiger charge is -2.26. The summed E-state index contributed by atoms with van der Waals surface area (Å²) in [6, 6.07) is 0.0948. The van der Waals surface area contributed by atoms with E-state index in [4.69, 9.17) is 0 Å². The Labute approximate surface area is 103 Å². The molecule has 0 radical (unpaired) electrons. The Morgan fingerprint density at radius 3 is 2.59 bits per heavy atom. The van der Waals surface area contributed by atoms with Crippen LogP contribution in [0.1, 0.15) is 27.2 Å². The SMILES string of the molecule is C[n+]1ccn(C(=O)N2CCC(C(C)(C)C)C2)c1. The van der Waals surface area contributed by atoms with Gasteiger partial charge >= 0.3 is 6.03 Å². The van der Waals surface area contributed by atoms with Gasteiger partial charge in [0.15, 0.2) is 0 Å². The minimum absolute atomic E-state index is 0.0948. The summed E-state index contributed by atoms with van der Waals surface area (Å²) in [7, 11) is 1.92. The van der Waals surface area contributed by atoms with E-state index in [0.717, 1.165) is 19.5 Å². The topological polar surface area (TPSA) is 29.1 Å². The number of likely N-dealkylation sites (tertiary alicyclic amines) is 1. The molecule has 1 saturated heterocycles. The van der Waals surface area contributed by atoms with Gasteiger partial charge in [0.1, 0.15) is 12.4 Å². The molecule has 2 rings (SSSR count). The van der Waals surface area contributed by atoms with Crippen molar-refractivity contribution in [1.82, 2.24) is 9.47 Å². The molecule has 1 aromatic rings. The summed E-state index contributed by atoms with van der Waals surface area (Å²) in [5, 5.41) is 0. The monoisotopic (exact) mass is 236 g/mol. The van der Waals surface area contributed by atoms with Crippen LogP contribution in [-0.2, 0) is 7.05 Å². The van der Waals surface area contributed by atoms with Gasteiger partial charge in [-0.15, -0.1) is 0 Å². The van der Waals surface area contributed by atoms with Crippen molar-refractivity contribution >= 4 is 6.03 Å². The highest BCUT2D eigenvalue weighted by Crippen LogP contribution is 2.33. The van der Waals surface area contributed by atoms with Gasteiger partial charge in [0.25, 0.3) is 6.33 Å². The van der Waals surface area contributed by atoms with Gasteiger partial charge in [-0.3, -0.25) is 0 Å². The van der Waals surface area contributed by atoms with E-state index in [0.29, 0.717) is 5.92 Å². The second-order valence-electron chi connectivity index (χ2n) is 6.07. The number of rotatable bonds is 0. The fourth-order valence-electron chi connectivity index (χ4n) is 2.37. The molecule has 94 valence electrons. The molecule has 17 heavy (non-hydrogen) atoms. The third-order valence-corrected chi connectivity index (χ3v) is 3.67. The minimum atomic E-state index is 0.0948. The number of aromatic nitrogens is 2. The summed E-state index contributed by atoms with van der Waals surface area (Å²) < 4.78 is 3.54. The summed E-state index contributed by atoms with van der Waals surface area (Å²) in [6.07, 6.45) is 6.62. The highest BCUT2D eigenvalue weighted by atomic mass is 16.2. The lowest BCUT2D eigenvalue weighted by Crippen LogP contribution is -2.35. The summed E-state index contributed by atoms with van der Waals surface area (Å²) in [5.41, 5.74) is 0.288. The maximum absolute atomic E-state index is 12.2. The molecule has 1 amide bonds. The third-order valence-electron chi connectivity index (χ3n) is 3.67. The zero-order valence-electron chi connectivity index (χ0n) is 11.2. The first kappa shape index (κ1) is 12.1. The first-order chi connectivity index (χ1) is 7.88. The Balaban J connectivity index is 2.04. The summed E-state index contributed by atoms with van der Waals surface area (Å²) in [5.74, 6) is 0.607. The van der Waals surface area contributed by atoms with Crippen molar-refractivity contribution in [3.8, 4) is 0 Å². The van der Waals surface area contributed by atoms with Gasteiger partial charge in [0.05, 0.1) is 7.05 Å². The zero-order chi connectivity index (χ0) is 12.6. The molecule has 0 bridgehead atoms. The Hall–Kier alpha value is -1.32. The van der Waals surface area contributed by atoms with Crippen molar-refractivity contribution in [2.45, 2.75) is 27.2 Å². The van der Waals surface area contributed by atoms with Crippen LogP contribution < -0.4 is 4.57 Å². The van der Waals surface area contributed by atoms with Crippen LogP contribution in [0.4, 0.5) is 4.79 Å². The standard InChI is InChI=1S/C13H22N3O/c1-13(2,3)11-5-6-15(9-11)12(17)16-8-7-14(4)10-16/h7-8,10-11H,5-6,9H2,1-4H3/q+1. The highest BCUT2D eigenvalue weighted by molar-refractivity contribution is 5.76. The molecule has 1 atom stereocenters. The van der Waals surface area contributed by atoms with E-state index in [2.05, 4.69) is 20.8 Å². The molecule has 1 aliphatic rings. The van der Waals surface area contributed by atoms with Gasteiger partial charge in [0, 0.05) is 13.1 Å². The smallest absolute Gasteiger partial charge is 0.304 e. The lowest BCUT2D eigenvalue weighted by molar-refractivity contribution is -0.670. The van der Waals surface area contributed by atoms with Crippen molar-refractivity contribution in [2.24, 2.45) is 18.4 Å². The Kier molecular flexibility index (Phi) is 2.98. The van der Waals surface area contributed by atoms with Crippen LogP contribution in [-0.4, -0.2) is 28.6 Å². The number of aryl methyl sites for hydroxylation is 1. The molecule has 0 saturated carbocycles. The summed E-state index contributed by atoms with van der Waals surface area (Å²) >= 11 is 0. The predicted molar refractivity (Wildman–Crippen MR) is 65.5 cm³/mol. The van der Waals surface area contributed by atoms with E-state index in [1.54, 1.807) is 4.57 Å². The molecule has 2 heterocycles. The first-order valence-corrected chi connectivity index (χ1v) is 6.20. The van der Waals surface area contributed by atoms with Crippen LogP contribution in [0.3, 0.4) is 0 Å². The average molecular weight is 236 g/mol. The number of imidazole rings is 1. The molecule has 0 aliphatic carbocycles. The zero-order valence-corrected chi connectivity index (χ0v) is 11.2. The lowest BCUT2D eigenvalue weighted by atomic mass is 9.80. The second kappa shape index (κ2) is 4.17. The van der Waals surface area contributed by atoms with E-state index in [-0.39, 0.29) is 11.4 Å². The van der Waals surface area contributed by atoms with Crippen molar-refractivity contribution in [1.29, 1.82) is 0 Å². The van der Waals surface area contributed by atoms with E-state index in [1.807, 2.05) is 35.2 Å². The fraction of sp³-hybridized carbons (Fsp3) is 0.692. The van der Waals surface area contributed by atoms with E-state index < -0.39 is 0 Å². The van der Waals surface area contributed by atoms with Gasteiger partial charge in [-0.2, -0.15) is 4.57 Å². The molecule has 1 aliphatic heterocycles. The van der Waals surface area contributed by atoms with Crippen LogP contribution >= 0.6 is 0 Å². The molecule has 0 spiro atoms. The minimum Gasteiger partial charge on any atom is -0.304 e. The Bertz CT molecular complexity index is 417. The van der Waals surface area contributed by atoms with Gasteiger partial charge in [-0.05, 0) is 17.8 Å². The summed E-state index contributed by atoms with van der Waals surface area (Å²) in [6.45, 7) is 8.51. The van der Waals surface area contributed by atoms with Gasteiger partial charge in [-0.25, -0.2) is 9.36 Å². The number of amides is 1. The molecule has 4 heteroatoms. The van der Waals surface area contributed by atoms with Crippen LogP contribution in [0.5, 0.6) is 0 Å². The van der Waals surface area contributed by atoms with Crippen molar-refractivity contribution in [2.75, 3.05) is 13.1 Å². The van der Waals surface area contributed by atoms with E-state index in [1.165, 1.54) is 0 Å². The molecule has 1 unspecified atom stereocenters. The van der Waals surface area contributed by atoms with Crippen LogP contribution in [0.15, 0.2) is 18.7 Å². The maximum Gasteiger partial charge on any atom is 0.415 e. The number of nitrogens with zero attached hydrogens (tertiary/aromatic N) is 3.